The second kappa shape index (κ2) is 4.22. The van der Waals surface area contributed by atoms with Crippen LogP contribution in [0, 0.1) is 0 Å². The minimum absolute atomic E-state index is 0.290. The molecule has 1 N–H and O–H groups in total. The molecule has 1 aromatic rings. The first kappa shape index (κ1) is 9.85. The predicted molar refractivity (Wildman–Crippen MR) is 58.9 cm³/mol. The largest absolute Gasteiger partial charge is 0.508 e. The minimum Gasteiger partial charge on any atom is -0.508 e. The van der Waals surface area contributed by atoms with Gasteiger partial charge < -0.3 is 5.11 Å². The van der Waals surface area contributed by atoms with Crippen LogP contribution in [0.4, 0.5) is 0 Å². The molecule has 1 aromatic carbocycles. The summed E-state index contributed by atoms with van der Waals surface area (Å²) in [6.07, 6.45) is 6.43. The molecular formula is C12H15ClO. The van der Waals surface area contributed by atoms with Crippen LogP contribution in [0.15, 0.2) is 18.2 Å². The van der Waals surface area contributed by atoms with Crippen LogP contribution in [-0.4, -0.2) is 5.11 Å². The molecule has 0 heterocycles. The topological polar surface area (TPSA) is 20.2 Å². The lowest BCUT2D eigenvalue weighted by molar-refractivity contribution is 0.438. The summed E-state index contributed by atoms with van der Waals surface area (Å²) in [6, 6.07) is 5.42. The maximum Gasteiger partial charge on any atom is 0.117 e. The van der Waals surface area contributed by atoms with Crippen LogP contribution >= 0.6 is 11.6 Å². The molecule has 2 rings (SSSR count). The number of rotatable bonds is 1. The fraction of sp³-hybridized carbons (Fsp3) is 0.500. The number of aromatic hydroxyl groups is 1. The molecule has 14 heavy (non-hydrogen) atoms. The van der Waals surface area contributed by atoms with E-state index in [1.165, 1.54) is 37.7 Å². The highest BCUT2D eigenvalue weighted by atomic mass is 35.5. The summed E-state index contributed by atoms with van der Waals surface area (Å²) in [5.41, 5.74) is 1.20. The van der Waals surface area contributed by atoms with Crippen molar-refractivity contribution in [2.75, 3.05) is 0 Å². The second-order valence-electron chi connectivity index (χ2n) is 4.08. The molecule has 1 saturated carbocycles. The van der Waals surface area contributed by atoms with Crippen LogP contribution in [0.2, 0.25) is 5.02 Å². The molecule has 2 heteroatoms. The predicted octanol–water partition coefficient (Wildman–Crippen LogP) is 4.09. The summed E-state index contributed by atoms with van der Waals surface area (Å²) in [6.45, 7) is 0. The van der Waals surface area contributed by atoms with Gasteiger partial charge in [0.1, 0.15) is 5.75 Å². The zero-order valence-electron chi connectivity index (χ0n) is 8.17. The van der Waals surface area contributed by atoms with Crippen LogP contribution in [0.3, 0.4) is 0 Å². The van der Waals surface area contributed by atoms with Gasteiger partial charge in [-0.25, -0.2) is 0 Å². The van der Waals surface area contributed by atoms with E-state index in [2.05, 4.69) is 0 Å². The molecule has 76 valence electrons. The summed E-state index contributed by atoms with van der Waals surface area (Å²) < 4.78 is 0. The fourth-order valence-electron chi connectivity index (χ4n) is 2.27. The van der Waals surface area contributed by atoms with Gasteiger partial charge in [-0.15, -0.1) is 0 Å². The van der Waals surface area contributed by atoms with E-state index in [4.69, 9.17) is 11.6 Å². The van der Waals surface area contributed by atoms with Gasteiger partial charge in [0.05, 0.1) is 0 Å². The summed E-state index contributed by atoms with van der Waals surface area (Å²) >= 11 is 5.91. The third-order valence-corrected chi connectivity index (χ3v) is 3.20. The van der Waals surface area contributed by atoms with Crippen molar-refractivity contribution in [3.63, 3.8) is 0 Å². The molecular weight excluding hydrogens is 196 g/mol. The van der Waals surface area contributed by atoms with Gasteiger partial charge >= 0.3 is 0 Å². The molecule has 0 spiro atoms. The van der Waals surface area contributed by atoms with E-state index >= 15 is 0 Å². The standard InChI is InChI=1S/C12H15ClO/c13-11-6-10(7-12(14)8-11)9-4-2-1-3-5-9/h6-9,14H,1-5H2. The van der Waals surface area contributed by atoms with Crippen LogP contribution in [0.5, 0.6) is 5.75 Å². The van der Waals surface area contributed by atoms with Crippen molar-refractivity contribution < 1.29 is 5.11 Å². The number of halogens is 1. The van der Waals surface area contributed by atoms with Gasteiger partial charge in [-0.1, -0.05) is 30.9 Å². The molecule has 0 amide bonds. The third-order valence-electron chi connectivity index (χ3n) is 2.98. The van der Waals surface area contributed by atoms with Crippen molar-refractivity contribution in [1.82, 2.24) is 0 Å². The van der Waals surface area contributed by atoms with Gasteiger partial charge in [0.2, 0.25) is 0 Å². The molecule has 0 aliphatic heterocycles. The van der Waals surface area contributed by atoms with Gasteiger partial charge in [0, 0.05) is 5.02 Å². The number of hydrogen-bond acceptors (Lipinski definition) is 1. The van der Waals surface area contributed by atoms with Gasteiger partial charge in [-0.05, 0) is 42.5 Å². The summed E-state index contributed by atoms with van der Waals surface area (Å²) in [5.74, 6) is 0.895. The Kier molecular flexibility index (Phi) is 2.97. The Hall–Kier alpha value is -0.690. The Morgan fingerprint density at radius 3 is 2.43 bits per heavy atom. The van der Waals surface area contributed by atoms with Gasteiger partial charge in [-0.2, -0.15) is 0 Å². The van der Waals surface area contributed by atoms with Gasteiger partial charge in [0.25, 0.3) is 0 Å². The highest BCUT2D eigenvalue weighted by Gasteiger charge is 2.16. The van der Waals surface area contributed by atoms with E-state index in [1.807, 2.05) is 12.1 Å². The number of benzene rings is 1. The Bertz CT molecular complexity index is 296. The average molecular weight is 211 g/mol. The van der Waals surface area contributed by atoms with Crippen molar-refractivity contribution in [1.29, 1.82) is 0 Å². The zero-order valence-corrected chi connectivity index (χ0v) is 8.93. The molecule has 1 nitrogen and oxygen atoms in total. The van der Waals surface area contributed by atoms with E-state index in [0.29, 0.717) is 10.9 Å². The second-order valence-corrected chi connectivity index (χ2v) is 4.51. The SMILES string of the molecule is Oc1cc(Cl)cc(C2CCCCC2)c1. The molecule has 0 unspecified atom stereocenters. The van der Waals surface area contributed by atoms with Crippen LogP contribution in [-0.2, 0) is 0 Å². The molecule has 0 bridgehead atoms. The van der Waals surface area contributed by atoms with E-state index in [0.717, 1.165) is 0 Å². The molecule has 0 aromatic heterocycles. The summed E-state index contributed by atoms with van der Waals surface area (Å²) in [5, 5.41) is 10.1. The smallest absolute Gasteiger partial charge is 0.117 e. The van der Waals surface area contributed by atoms with Crippen LogP contribution < -0.4 is 0 Å². The van der Waals surface area contributed by atoms with Crippen molar-refractivity contribution in [2.24, 2.45) is 0 Å². The molecule has 1 aliphatic carbocycles. The Labute approximate surface area is 89.7 Å². The van der Waals surface area contributed by atoms with E-state index in [-0.39, 0.29) is 5.75 Å². The van der Waals surface area contributed by atoms with Crippen molar-refractivity contribution in [2.45, 2.75) is 38.0 Å². The molecule has 1 aliphatic rings. The zero-order chi connectivity index (χ0) is 9.97. The highest BCUT2D eigenvalue weighted by Crippen LogP contribution is 2.35. The molecule has 0 saturated heterocycles. The Morgan fingerprint density at radius 1 is 1.07 bits per heavy atom. The lowest BCUT2D eigenvalue weighted by Crippen LogP contribution is -2.04. The molecule has 1 fully saturated rings. The summed E-state index contributed by atoms with van der Waals surface area (Å²) in [7, 11) is 0. The first-order valence-electron chi connectivity index (χ1n) is 5.25. The average Bonchev–Trinajstić information content (AvgIpc) is 2.18. The number of phenolic OH excluding ortho intramolecular Hbond substituents is 1. The molecule has 0 radical (unpaired) electrons. The minimum atomic E-state index is 0.290. The lowest BCUT2D eigenvalue weighted by atomic mass is 9.84. The number of phenols is 1. The van der Waals surface area contributed by atoms with Crippen molar-refractivity contribution in [3.8, 4) is 5.75 Å². The molecule has 0 atom stereocenters. The Balaban J connectivity index is 2.21. The van der Waals surface area contributed by atoms with E-state index in [9.17, 15) is 5.11 Å². The fourth-order valence-corrected chi connectivity index (χ4v) is 2.51. The maximum absolute atomic E-state index is 9.44. The van der Waals surface area contributed by atoms with Crippen LogP contribution in [0.25, 0.3) is 0 Å². The number of hydrogen-bond donors (Lipinski definition) is 1. The van der Waals surface area contributed by atoms with Gasteiger partial charge in [-0.3, -0.25) is 0 Å². The van der Waals surface area contributed by atoms with Crippen molar-refractivity contribution >= 4 is 11.6 Å². The lowest BCUT2D eigenvalue weighted by Gasteiger charge is -2.22. The monoisotopic (exact) mass is 210 g/mol. The van der Waals surface area contributed by atoms with Gasteiger partial charge in [0.15, 0.2) is 0 Å². The highest BCUT2D eigenvalue weighted by molar-refractivity contribution is 6.30. The maximum atomic E-state index is 9.44. The Morgan fingerprint density at radius 2 is 1.79 bits per heavy atom. The first-order chi connectivity index (χ1) is 6.75. The summed E-state index contributed by atoms with van der Waals surface area (Å²) in [4.78, 5) is 0. The van der Waals surface area contributed by atoms with Crippen molar-refractivity contribution in [3.05, 3.63) is 28.8 Å². The quantitative estimate of drug-likeness (QED) is 0.740. The first-order valence-corrected chi connectivity index (χ1v) is 5.63. The van der Waals surface area contributed by atoms with E-state index < -0.39 is 0 Å². The normalized spacial score (nSPS) is 18.4. The van der Waals surface area contributed by atoms with E-state index in [1.54, 1.807) is 6.07 Å². The third kappa shape index (κ3) is 2.21. The van der Waals surface area contributed by atoms with Crippen LogP contribution in [0.1, 0.15) is 43.6 Å².